The SMILES string of the molecule is CCOCCOC(=O)C(=O)Nc1nc(-c2cc(COC)no2)cs1. The summed E-state index contributed by atoms with van der Waals surface area (Å²) in [5, 5.41) is 8.12. The van der Waals surface area contributed by atoms with Gasteiger partial charge >= 0.3 is 11.9 Å². The summed E-state index contributed by atoms with van der Waals surface area (Å²) >= 11 is 1.15. The van der Waals surface area contributed by atoms with Crippen molar-refractivity contribution in [3.05, 3.63) is 17.1 Å². The summed E-state index contributed by atoms with van der Waals surface area (Å²) in [5.74, 6) is -1.45. The number of thiazole rings is 1. The Morgan fingerprint density at radius 3 is 2.96 bits per heavy atom. The van der Waals surface area contributed by atoms with E-state index in [4.69, 9.17) is 18.7 Å². The lowest BCUT2D eigenvalue weighted by Crippen LogP contribution is -2.26. The van der Waals surface area contributed by atoms with E-state index in [0.717, 1.165) is 11.3 Å². The van der Waals surface area contributed by atoms with Gasteiger partial charge in [0.2, 0.25) is 0 Å². The molecule has 1 amide bonds. The van der Waals surface area contributed by atoms with E-state index in [-0.39, 0.29) is 18.3 Å². The van der Waals surface area contributed by atoms with Crippen molar-refractivity contribution in [2.24, 2.45) is 0 Å². The Balaban J connectivity index is 1.88. The summed E-state index contributed by atoms with van der Waals surface area (Å²) < 4.78 is 19.9. The normalized spacial score (nSPS) is 10.6. The number of hydrogen-bond donors (Lipinski definition) is 1. The minimum absolute atomic E-state index is 0.0174. The smallest absolute Gasteiger partial charge is 0.397 e. The van der Waals surface area contributed by atoms with E-state index in [1.807, 2.05) is 6.92 Å². The summed E-state index contributed by atoms with van der Waals surface area (Å²) in [6, 6.07) is 1.69. The van der Waals surface area contributed by atoms with E-state index in [0.29, 0.717) is 30.4 Å². The molecule has 0 saturated heterocycles. The molecular weight excluding hydrogens is 338 g/mol. The number of anilines is 1. The van der Waals surface area contributed by atoms with Gasteiger partial charge < -0.3 is 18.7 Å². The van der Waals surface area contributed by atoms with Crippen LogP contribution in [0, 0.1) is 0 Å². The van der Waals surface area contributed by atoms with Gasteiger partial charge in [-0.15, -0.1) is 11.3 Å². The zero-order chi connectivity index (χ0) is 17.4. The molecule has 0 atom stereocenters. The van der Waals surface area contributed by atoms with Crippen LogP contribution in [0.3, 0.4) is 0 Å². The number of rotatable bonds is 8. The van der Waals surface area contributed by atoms with Gasteiger partial charge in [-0.2, -0.15) is 0 Å². The number of nitrogens with one attached hydrogen (secondary N) is 1. The Bertz CT molecular complexity index is 684. The molecule has 2 aromatic heterocycles. The Morgan fingerprint density at radius 1 is 1.38 bits per heavy atom. The van der Waals surface area contributed by atoms with Crippen LogP contribution < -0.4 is 5.32 Å². The number of carbonyl (C=O) groups excluding carboxylic acids is 2. The van der Waals surface area contributed by atoms with Crippen molar-refractivity contribution in [2.75, 3.05) is 32.2 Å². The molecule has 2 rings (SSSR count). The predicted molar refractivity (Wildman–Crippen MR) is 84.4 cm³/mol. The molecule has 24 heavy (non-hydrogen) atoms. The molecular formula is C14H17N3O6S. The summed E-state index contributed by atoms with van der Waals surface area (Å²) in [5.41, 5.74) is 1.12. The molecule has 0 aliphatic rings. The fourth-order valence-electron chi connectivity index (χ4n) is 1.64. The van der Waals surface area contributed by atoms with E-state index < -0.39 is 11.9 Å². The lowest BCUT2D eigenvalue weighted by Gasteiger charge is -2.04. The van der Waals surface area contributed by atoms with Crippen LogP contribution in [0.2, 0.25) is 0 Å². The van der Waals surface area contributed by atoms with Crippen LogP contribution >= 0.6 is 11.3 Å². The second-order valence-corrected chi connectivity index (χ2v) is 5.30. The fourth-order valence-corrected chi connectivity index (χ4v) is 2.34. The number of amides is 1. The van der Waals surface area contributed by atoms with Gasteiger partial charge in [0.25, 0.3) is 0 Å². The quantitative estimate of drug-likeness (QED) is 0.430. The third-order valence-corrected chi connectivity index (χ3v) is 3.44. The second kappa shape index (κ2) is 9.11. The van der Waals surface area contributed by atoms with E-state index in [1.54, 1.807) is 18.6 Å². The van der Waals surface area contributed by atoms with E-state index in [1.165, 1.54) is 0 Å². The number of carbonyl (C=O) groups is 2. The number of aromatic nitrogens is 2. The summed E-state index contributed by atoms with van der Waals surface area (Å²) in [6.07, 6.45) is 0. The number of esters is 1. The van der Waals surface area contributed by atoms with Crippen molar-refractivity contribution < 1.29 is 28.3 Å². The van der Waals surface area contributed by atoms with Crippen molar-refractivity contribution >= 4 is 28.3 Å². The van der Waals surface area contributed by atoms with Crippen LogP contribution in [0.5, 0.6) is 0 Å². The average molecular weight is 355 g/mol. The molecule has 0 saturated carbocycles. The van der Waals surface area contributed by atoms with E-state index >= 15 is 0 Å². The highest BCUT2D eigenvalue weighted by Gasteiger charge is 2.18. The van der Waals surface area contributed by atoms with Gasteiger partial charge in [0.1, 0.15) is 18.0 Å². The molecule has 0 aromatic carbocycles. The molecule has 0 unspecified atom stereocenters. The third kappa shape index (κ3) is 5.11. The first kappa shape index (κ1) is 18.0. The molecule has 0 radical (unpaired) electrons. The van der Waals surface area contributed by atoms with Crippen molar-refractivity contribution in [2.45, 2.75) is 13.5 Å². The van der Waals surface area contributed by atoms with Gasteiger partial charge in [-0.1, -0.05) is 5.16 Å². The molecule has 10 heteroatoms. The van der Waals surface area contributed by atoms with Crippen LogP contribution in [-0.2, 0) is 30.4 Å². The monoisotopic (exact) mass is 355 g/mol. The molecule has 1 N–H and O–H groups in total. The molecule has 2 heterocycles. The highest BCUT2D eigenvalue weighted by molar-refractivity contribution is 7.14. The maximum atomic E-state index is 11.7. The van der Waals surface area contributed by atoms with Crippen molar-refractivity contribution in [3.8, 4) is 11.5 Å². The first-order valence-corrected chi connectivity index (χ1v) is 7.98. The van der Waals surface area contributed by atoms with Gasteiger partial charge in [-0.3, -0.25) is 10.1 Å². The first-order valence-electron chi connectivity index (χ1n) is 7.10. The van der Waals surface area contributed by atoms with Crippen LogP contribution in [0.25, 0.3) is 11.5 Å². The predicted octanol–water partition coefficient (Wildman–Crippen LogP) is 1.46. The zero-order valence-corrected chi connectivity index (χ0v) is 14.1. The molecule has 2 aromatic rings. The fraction of sp³-hybridized carbons (Fsp3) is 0.429. The molecule has 0 aliphatic carbocycles. The topological polar surface area (TPSA) is 113 Å². The second-order valence-electron chi connectivity index (χ2n) is 4.44. The zero-order valence-electron chi connectivity index (χ0n) is 13.2. The summed E-state index contributed by atoms with van der Waals surface area (Å²) in [4.78, 5) is 27.4. The minimum Gasteiger partial charge on any atom is -0.456 e. The van der Waals surface area contributed by atoms with Gasteiger partial charge in [0.05, 0.1) is 13.2 Å². The Kier molecular flexibility index (Phi) is 6.85. The van der Waals surface area contributed by atoms with E-state index in [2.05, 4.69) is 15.5 Å². The number of methoxy groups -OCH3 is 1. The summed E-state index contributed by atoms with van der Waals surface area (Å²) in [6.45, 7) is 2.92. The van der Waals surface area contributed by atoms with Gasteiger partial charge in [0, 0.05) is 25.2 Å². The van der Waals surface area contributed by atoms with E-state index in [9.17, 15) is 9.59 Å². The number of hydrogen-bond acceptors (Lipinski definition) is 9. The molecule has 0 fully saturated rings. The third-order valence-electron chi connectivity index (χ3n) is 2.68. The van der Waals surface area contributed by atoms with Gasteiger partial charge in [0.15, 0.2) is 10.9 Å². The Labute approximate surface area is 141 Å². The highest BCUT2D eigenvalue weighted by atomic mass is 32.1. The Morgan fingerprint density at radius 2 is 2.21 bits per heavy atom. The van der Waals surface area contributed by atoms with Crippen LogP contribution in [0.15, 0.2) is 16.0 Å². The van der Waals surface area contributed by atoms with Crippen LogP contribution in [-0.4, -0.2) is 48.9 Å². The molecule has 130 valence electrons. The maximum Gasteiger partial charge on any atom is 0.397 e. The van der Waals surface area contributed by atoms with Gasteiger partial charge in [-0.05, 0) is 6.92 Å². The highest BCUT2D eigenvalue weighted by Crippen LogP contribution is 2.25. The largest absolute Gasteiger partial charge is 0.456 e. The summed E-state index contributed by atoms with van der Waals surface area (Å²) in [7, 11) is 1.55. The first-order chi connectivity index (χ1) is 11.6. The average Bonchev–Trinajstić information content (AvgIpc) is 3.21. The number of ether oxygens (including phenoxy) is 3. The van der Waals surface area contributed by atoms with Crippen LogP contribution in [0.4, 0.5) is 5.13 Å². The number of nitrogens with zero attached hydrogens (tertiary/aromatic N) is 2. The Hall–Kier alpha value is -2.30. The minimum atomic E-state index is -0.992. The van der Waals surface area contributed by atoms with Crippen molar-refractivity contribution in [1.82, 2.24) is 10.1 Å². The van der Waals surface area contributed by atoms with Crippen molar-refractivity contribution in [3.63, 3.8) is 0 Å². The molecule has 9 nitrogen and oxygen atoms in total. The van der Waals surface area contributed by atoms with Gasteiger partial charge in [-0.25, -0.2) is 9.78 Å². The van der Waals surface area contributed by atoms with Crippen molar-refractivity contribution in [1.29, 1.82) is 0 Å². The standard InChI is InChI=1S/C14H17N3O6S/c1-3-21-4-5-22-13(19)12(18)16-14-15-10(8-24-14)11-6-9(7-20-2)17-23-11/h6,8H,3-5,7H2,1-2H3,(H,15,16,18). The molecule has 0 spiro atoms. The lowest BCUT2D eigenvalue weighted by atomic mass is 10.3. The molecule has 0 bridgehead atoms. The maximum absolute atomic E-state index is 11.7. The van der Waals surface area contributed by atoms with Crippen LogP contribution in [0.1, 0.15) is 12.6 Å². The lowest BCUT2D eigenvalue weighted by molar-refractivity contribution is -0.153. The molecule has 0 aliphatic heterocycles.